The molecular formula is C38H30N2. The summed E-state index contributed by atoms with van der Waals surface area (Å²) in [5, 5.41) is 2.42. The first-order valence-corrected chi connectivity index (χ1v) is 14.1. The highest BCUT2D eigenvalue weighted by molar-refractivity contribution is 5.96. The Morgan fingerprint density at radius 1 is 0.500 bits per heavy atom. The van der Waals surface area contributed by atoms with Gasteiger partial charge in [0.25, 0.3) is 0 Å². The summed E-state index contributed by atoms with van der Waals surface area (Å²) >= 11 is 0. The molecule has 0 amide bonds. The van der Waals surface area contributed by atoms with Crippen LogP contribution in [0, 0.1) is 0 Å². The van der Waals surface area contributed by atoms with Gasteiger partial charge in [0.1, 0.15) is 0 Å². The average molecular weight is 515 g/mol. The number of nitrogens with zero attached hydrogens (tertiary/aromatic N) is 2. The fourth-order valence-corrected chi connectivity index (χ4v) is 7.16. The van der Waals surface area contributed by atoms with E-state index < -0.39 is 0 Å². The molecule has 8 rings (SSSR count). The fraction of sp³-hybridized carbons (Fsp3) is 0.158. The molecule has 192 valence electrons. The minimum Gasteiger partial charge on any atom is -0.237 e. The lowest BCUT2D eigenvalue weighted by Crippen LogP contribution is -2.17. The first-order chi connectivity index (χ1) is 19.3. The molecule has 1 aromatic heterocycles. The van der Waals surface area contributed by atoms with Crippen molar-refractivity contribution in [3.05, 3.63) is 132 Å². The number of hydrogen-bond donors (Lipinski definition) is 0. The zero-order valence-electron chi connectivity index (χ0n) is 23.3. The summed E-state index contributed by atoms with van der Waals surface area (Å²) in [5.74, 6) is 0.762. The van der Waals surface area contributed by atoms with Crippen molar-refractivity contribution in [2.75, 3.05) is 0 Å². The fourth-order valence-electron chi connectivity index (χ4n) is 7.16. The van der Waals surface area contributed by atoms with Crippen molar-refractivity contribution in [2.24, 2.45) is 0 Å². The summed E-state index contributed by atoms with van der Waals surface area (Å²) in [5.41, 5.74) is 14.0. The minimum absolute atomic E-state index is 0.0102. The maximum absolute atomic E-state index is 5.07. The minimum atomic E-state index is -0.120. The van der Waals surface area contributed by atoms with Crippen molar-refractivity contribution in [2.45, 2.75) is 38.5 Å². The van der Waals surface area contributed by atoms with Gasteiger partial charge in [-0.15, -0.1) is 0 Å². The second-order valence-corrected chi connectivity index (χ2v) is 12.3. The molecule has 0 saturated carbocycles. The molecule has 40 heavy (non-hydrogen) atoms. The Kier molecular flexibility index (Phi) is 4.66. The molecule has 2 nitrogen and oxygen atoms in total. The van der Waals surface area contributed by atoms with Gasteiger partial charge in [-0.1, -0.05) is 107 Å². The molecular weight excluding hydrogens is 484 g/mol. The summed E-state index contributed by atoms with van der Waals surface area (Å²) in [6.07, 6.45) is 1.89. The maximum atomic E-state index is 5.07. The summed E-state index contributed by atoms with van der Waals surface area (Å²) in [6, 6.07) is 37.5. The van der Waals surface area contributed by atoms with Crippen molar-refractivity contribution in [1.29, 1.82) is 0 Å². The third-order valence-corrected chi connectivity index (χ3v) is 9.36. The first kappa shape index (κ1) is 23.3. The van der Waals surface area contributed by atoms with Gasteiger partial charge in [0.15, 0.2) is 5.82 Å². The molecule has 5 aromatic carbocycles. The number of hydrogen-bond acceptors (Lipinski definition) is 2. The van der Waals surface area contributed by atoms with E-state index in [9.17, 15) is 0 Å². The topological polar surface area (TPSA) is 25.8 Å². The third-order valence-electron chi connectivity index (χ3n) is 9.36. The van der Waals surface area contributed by atoms with Gasteiger partial charge in [-0.25, -0.2) is 9.97 Å². The molecule has 0 bridgehead atoms. The second kappa shape index (κ2) is 7.99. The summed E-state index contributed by atoms with van der Waals surface area (Å²) in [4.78, 5) is 9.79. The van der Waals surface area contributed by atoms with Gasteiger partial charge in [-0.2, -0.15) is 0 Å². The predicted octanol–water partition coefficient (Wildman–Crippen LogP) is 9.58. The number of benzene rings is 5. The Bertz CT molecular complexity index is 2010. The molecule has 0 radical (unpaired) electrons. The van der Waals surface area contributed by atoms with Crippen LogP contribution in [0.5, 0.6) is 0 Å². The maximum Gasteiger partial charge on any atom is 0.159 e. The second-order valence-electron chi connectivity index (χ2n) is 12.3. The van der Waals surface area contributed by atoms with E-state index in [0.29, 0.717) is 0 Å². The molecule has 0 saturated heterocycles. The Labute approximate surface area is 235 Å². The van der Waals surface area contributed by atoms with Crippen molar-refractivity contribution in [3.8, 4) is 44.9 Å². The van der Waals surface area contributed by atoms with Crippen LogP contribution in [-0.2, 0) is 10.8 Å². The van der Waals surface area contributed by atoms with Crippen LogP contribution >= 0.6 is 0 Å². The number of aromatic nitrogens is 2. The summed E-state index contributed by atoms with van der Waals surface area (Å²) in [7, 11) is 0. The lowest BCUT2D eigenvalue weighted by Gasteiger charge is -2.24. The largest absolute Gasteiger partial charge is 0.237 e. The zero-order valence-corrected chi connectivity index (χ0v) is 23.3. The standard InChI is InChI=1S/C38H30N2/c1-37(2)31-15-8-7-13-26(31)29-21-34-30(22-33(29)37)27-17-16-24(20-32(27)38(34,3)4)36-39-19-18-35(40-36)28-14-9-11-23-10-5-6-12-25(23)28/h5-22H,1-4H3. The molecule has 0 atom stereocenters. The quantitative estimate of drug-likeness (QED) is 0.230. The molecule has 0 aliphatic heterocycles. The van der Waals surface area contributed by atoms with E-state index in [4.69, 9.17) is 9.97 Å². The normalized spacial score (nSPS) is 15.4. The van der Waals surface area contributed by atoms with Gasteiger partial charge in [-0.05, 0) is 79.5 Å². The monoisotopic (exact) mass is 514 g/mol. The van der Waals surface area contributed by atoms with Crippen molar-refractivity contribution in [1.82, 2.24) is 9.97 Å². The van der Waals surface area contributed by atoms with Crippen LogP contribution in [0.25, 0.3) is 55.7 Å². The molecule has 6 aromatic rings. The van der Waals surface area contributed by atoms with E-state index in [1.54, 1.807) is 0 Å². The van der Waals surface area contributed by atoms with Gasteiger partial charge in [0.05, 0.1) is 5.69 Å². The van der Waals surface area contributed by atoms with E-state index in [2.05, 4.69) is 125 Å². The van der Waals surface area contributed by atoms with Crippen LogP contribution < -0.4 is 0 Å². The zero-order chi connectivity index (χ0) is 27.2. The molecule has 0 N–H and O–H groups in total. The van der Waals surface area contributed by atoms with Gasteiger partial charge >= 0.3 is 0 Å². The molecule has 0 spiro atoms. The van der Waals surface area contributed by atoms with Crippen LogP contribution in [0.4, 0.5) is 0 Å². The molecule has 0 fully saturated rings. The highest BCUT2D eigenvalue weighted by Gasteiger charge is 2.41. The van der Waals surface area contributed by atoms with Crippen LogP contribution in [0.3, 0.4) is 0 Å². The van der Waals surface area contributed by atoms with Crippen LogP contribution in [-0.4, -0.2) is 9.97 Å². The van der Waals surface area contributed by atoms with E-state index in [1.807, 2.05) is 12.3 Å². The summed E-state index contributed by atoms with van der Waals surface area (Å²) in [6.45, 7) is 9.42. The highest BCUT2D eigenvalue weighted by Crippen LogP contribution is 2.56. The molecule has 2 aliphatic carbocycles. The summed E-state index contributed by atoms with van der Waals surface area (Å²) < 4.78 is 0. The highest BCUT2D eigenvalue weighted by atomic mass is 14.9. The third kappa shape index (κ3) is 3.11. The Morgan fingerprint density at radius 3 is 1.95 bits per heavy atom. The van der Waals surface area contributed by atoms with Crippen molar-refractivity contribution < 1.29 is 0 Å². The first-order valence-electron chi connectivity index (χ1n) is 14.1. The van der Waals surface area contributed by atoms with Gasteiger partial charge < -0.3 is 0 Å². The van der Waals surface area contributed by atoms with E-state index in [-0.39, 0.29) is 10.8 Å². The van der Waals surface area contributed by atoms with Gasteiger partial charge in [0.2, 0.25) is 0 Å². The van der Waals surface area contributed by atoms with Crippen LogP contribution in [0.15, 0.2) is 109 Å². The Balaban J connectivity index is 1.25. The predicted molar refractivity (Wildman–Crippen MR) is 166 cm³/mol. The smallest absolute Gasteiger partial charge is 0.159 e. The number of fused-ring (bicyclic) bond motifs is 7. The lowest BCUT2D eigenvalue weighted by molar-refractivity contribution is 0.652. The molecule has 0 unspecified atom stereocenters. The van der Waals surface area contributed by atoms with Gasteiger partial charge in [0, 0.05) is 28.2 Å². The Hall–Kier alpha value is -4.56. The van der Waals surface area contributed by atoms with Gasteiger partial charge in [-0.3, -0.25) is 0 Å². The van der Waals surface area contributed by atoms with E-state index in [1.165, 1.54) is 55.3 Å². The Morgan fingerprint density at radius 2 is 1.12 bits per heavy atom. The van der Waals surface area contributed by atoms with Crippen LogP contribution in [0.2, 0.25) is 0 Å². The SMILES string of the molecule is CC1(C)c2ccccc2-c2cc3c(cc21)-c1ccc(-c2nccc(-c4cccc5ccccc45)n2)cc1C3(C)C. The lowest BCUT2D eigenvalue weighted by atomic mass is 9.79. The van der Waals surface area contributed by atoms with Crippen LogP contribution in [0.1, 0.15) is 49.9 Å². The molecule has 1 heterocycles. The van der Waals surface area contributed by atoms with Crippen molar-refractivity contribution in [3.63, 3.8) is 0 Å². The van der Waals surface area contributed by atoms with E-state index in [0.717, 1.165) is 22.6 Å². The van der Waals surface area contributed by atoms with E-state index >= 15 is 0 Å². The molecule has 2 heteroatoms. The number of rotatable bonds is 2. The molecule has 2 aliphatic rings. The van der Waals surface area contributed by atoms with Crippen molar-refractivity contribution >= 4 is 10.8 Å². The average Bonchev–Trinajstić information content (AvgIpc) is 3.35.